The van der Waals surface area contributed by atoms with Gasteiger partial charge < -0.3 is 14.6 Å². The number of likely N-dealkylation sites (N-methyl/N-ethyl adjacent to an activating group) is 1. The van der Waals surface area contributed by atoms with E-state index in [4.69, 9.17) is 4.74 Å². The van der Waals surface area contributed by atoms with Gasteiger partial charge in [-0.2, -0.15) is 0 Å². The van der Waals surface area contributed by atoms with E-state index in [1.54, 1.807) is 0 Å². The number of nitrogens with one attached hydrogen (secondary N) is 1. The van der Waals surface area contributed by atoms with E-state index in [9.17, 15) is 4.79 Å². The van der Waals surface area contributed by atoms with E-state index < -0.39 is 0 Å². The van der Waals surface area contributed by atoms with Crippen LogP contribution in [-0.4, -0.2) is 36.8 Å². The number of anilines is 1. The summed E-state index contributed by atoms with van der Waals surface area (Å²) >= 11 is 0. The van der Waals surface area contributed by atoms with Gasteiger partial charge in [-0.05, 0) is 6.92 Å². The van der Waals surface area contributed by atoms with Crippen LogP contribution in [0.25, 0.3) is 0 Å². The third-order valence-corrected chi connectivity index (χ3v) is 2.28. The Labute approximate surface area is 95.5 Å². The van der Waals surface area contributed by atoms with E-state index in [-0.39, 0.29) is 5.56 Å². The average Bonchev–Trinajstić information content (AvgIpc) is 2.28. The van der Waals surface area contributed by atoms with Crippen molar-refractivity contribution >= 4 is 5.82 Å². The molecule has 1 heterocycles. The van der Waals surface area contributed by atoms with E-state index in [1.165, 1.54) is 6.07 Å². The summed E-state index contributed by atoms with van der Waals surface area (Å²) < 4.78 is 5.26. The van der Waals surface area contributed by atoms with Crippen LogP contribution in [0.1, 0.15) is 19.7 Å². The van der Waals surface area contributed by atoms with Crippen LogP contribution in [0.5, 0.6) is 0 Å². The molecule has 90 valence electrons. The maximum atomic E-state index is 11.4. The summed E-state index contributed by atoms with van der Waals surface area (Å²) in [6, 6.07) is 1.51. The number of hydrogen-bond acceptors (Lipinski definition) is 4. The van der Waals surface area contributed by atoms with Gasteiger partial charge in [0.25, 0.3) is 5.56 Å². The lowest BCUT2D eigenvalue weighted by atomic mass is 10.4. The molecule has 5 nitrogen and oxygen atoms in total. The van der Waals surface area contributed by atoms with Crippen molar-refractivity contribution in [2.75, 3.05) is 31.7 Å². The van der Waals surface area contributed by atoms with Crippen LogP contribution in [0.15, 0.2) is 10.9 Å². The summed E-state index contributed by atoms with van der Waals surface area (Å²) in [7, 11) is 1.90. The van der Waals surface area contributed by atoms with Crippen LogP contribution in [0.3, 0.4) is 0 Å². The lowest BCUT2D eigenvalue weighted by Gasteiger charge is -2.17. The lowest BCUT2D eigenvalue weighted by Crippen LogP contribution is -2.26. The molecular weight excluding hydrogens is 206 g/mol. The normalized spacial score (nSPS) is 10.4. The third-order valence-electron chi connectivity index (χ3n) is 2.28. The molecule has 1 aromatic rings. The van der Waals surface area contributed by atoms with E-state index in [1.807, 2.05) is 25.8 Å². The first-order valence-electron chi connectivity index (χ1n) is 5.56. The second-order valence-corrected chi connectivity index (χ2v) is 3.52. The molecule has 0 amide bonds. The molecular formula is C11H19N3O2. The van der Waals surface area contributed by atoms with E-state index in [0.29, 0.717) is 24.9 Å². The summed E-state index contributed by atoms with van der Waals surface area (Å²) in [6.07, 6.45) is 0.725. The zero-order chi connectivity index (χ0) is 12.0. The Kier molecular flexibility index (Phi) is 4.98. The Bertz CT molecular complexity index is 376. The fraction of sp³-hybridized carbons (Fsp3) is 0.636. The maximum Gasteiger partial charge on any atom is 0.252 e. The number of aryl methyl sites for hydroxylation is 1. The van der Waals surface area contributed by atoms with Crippen molar-refractivity contribution in [2.24, 2.45) is 0 Å². The highest BCUT2D eigenvalue weighted by atomic mass is 16.5. The molecule has 0 aliphatic rings. The summed E-state index contributed by atoms with van der Waals surface area (Å²) in [4.78, 5) is 20.3. The van der Waals surface area contributed by atoms with E-state index in [2.05, 4.69) is 9.97 Å². The van der Waals surface area contributed by atoms with E-state index in [0.717, 1.165) is 13.0 Å². The molecule has 1 rings (SSSR count). The largest absolute Gasteiger partial charge is 0.380 e. The molecule has 0 saturated carbocycles. The fourth-order valence-corrected chi connectivity index (χ4v) is 1.32. The van der Waals surface area contributed by atoms with Gasteiger partial charge >= 0.3 is 0 Å². The van der Waals surface area contributed by atoms with Crippen LogP contribution in [-0.2, 0) is 11.2 Å². The van der Waals surface area contributed by atoms with Gasteiger partial charge in [0, 0.05) is 32.7 Å². The lowest BCUT2D eigenvalue weighted by molar-refractivity contribution is 0.154. The number of nitrogens with zero attached hydrogens (tertiary/aromatic N) is 2. The van der Waals surface area contributed by atoms with Crippen LogP contribution in [0.4, 0.5) is 5.82 Å². The predicted molar refractivity (Wildman–Crippen MR) is 64.0 cm³/mol. The highest BCUT2D eigenvalue weighted by molar-refractivity contribution is 5.36. The molecule has 1 aromatic heterocycles. The molecule has 0 radical (unpaired) electrons. The van der Waals surface area contributed by atoms with Crippen molar-refractivity contribution < 1.29 is 4.74 Å². The van der Waals surface area contributed by atoms with Crippen molar-refractivity contribution in [3.63, 3.8) is 0 Å². The Morgan fingerprint density at radius 1 is 1.50 bits per heavy atom. The average molecular weight is 225 g/mol. The highest BCUT2D eigenvalue weighted by Gasteiger charge is 2.04. The smallest absolute Gasteiger partial charge is 0.252 e. The van der Waals surface area contributed by atoms with Gasteiger partial charge in [0.15, 0.2) is 0 Å². The summed E-state index contributed by atoms with van der Waals surface area (Å²) in [5, 5.41) is 0. The van der Waals surface area contributed by atoms with Gasteiger partial charge in [-0.15, -0.1) is 0 Å². The van der Waals surface area contributed by atoms with Crippen LogP contribution in [0, 0.1) is 0 Å². The minimum atomic E-state index is -0.106. The minimum absolute atomic E-state index is 0.106. The quantitative estimate of drug-likeness (QED) is 0.728. The zero-order valence-electron chi connectivity index (χ0n) is 10.1. The number of aromatic nitrogens is 2. The first kappa shape index (κ1) is 12.7. The number of H-pyrrole nitrogens is 1. The second-order valence-electron chi connectivity index (χ2n) is 3.52. The number of aromatic amines is 1. The molecule has 0 fully saturated rings. The van der Waals surface area contributed by atoms with Crippen molar-refractivity contribution in [1.29, 1.82) is 0 Å². The number of rotatable bonds is 6. The van der Waals surface area contributed by atoms with Crippen LogP contribution < -0.4 is 10.5 Å². The van der Waals surface area contributed by atoms with Crippen LogP contribution >= 0.6 is 0 Å². The Hall–Kier alpha value is -1.36. The summed E-state index contributed by atoms with van der Waals surface area (Å²) in [5.41, 5.74) is -0.106. The number of ether oxygens (including phenoxy) is 1. The molecule has 0 saturated heterocycles. The molecule has 5 heteroatoms. The van der Waals surface area contributed by atoms with Crippen molar-refractivity contribution in [2.45, 2.75) is 20.3 Å². The topological polar surface area (TPSA) is 58.2 Å². The first-order valence-corrected chi connectivity index (χ1v) is 5.56. The van der Waals surface area contributed by atoms with Crippen molar-refractivity contribution in [3.8, 4) is 0 Å². The van der Waals surface area contributed by atoms with Crippen molar-refractivity contribution in [1.82, 2.24) is 9.97 Å². The molecule has 0 bridgehead atoms. The summed E-state index contributed by atoms with van der Waals surface area (Å²) in [6.45, 7) is 6.00. The zero-order valence-corrected chi connectivity index (χ0v) is 10.1. The molecule has 0 spiro atoms. The van der Waals surface area contributed by atoms with Gasteiger partial charge in [0.1, 0.15) is 11.6 Å². The highest BCUT2D eigenvalue weighted by Crippen LogP contribution is 2.05. The Morgan fingerprint density at radius 2 is 2.25 bits per heavy atom. The van der Waals surface area contributed by atoms with Gasteiger partial charge in [0.05, 0.1) is 6.61 Å². The van der Waals surface area contributed by atoms with Gasteiger partial charge in [-0.1, -0.05) is 6.92 Å². The predicted octanol–water partition coefficient (Wildman–Crippen LogP) is 0.805. The second kappa shape index (κ2) is 6.27. The standard InChI is InChI=1S/C11H19N3O2/c1-4-9-12-10(8-11(15)13-9)14(3)6-7-16-5-2/h8H,4-7H2,1-3H3,(H,12,13,15). The first-order chi connectivity index (χ1) is 7.67. The molecule has 0 aliphatic heterocycles. The molecule has 0 unspecified atom stereocenters. The van der Waals surface area contributed by atoms with Gasteiger partial charge in [0.2, 0.25) is 0 Å². The number of hydrogen-bond donors (Lipinski definition) is 1. The van der Waals surface area contributed by atoms with Gasteiger partial charge in [-0.3, -0.25) is 4.79 Å². The fourth-order valence-electron chi connectivity index (χ4n) is 1.32. The summed E-state index contributed by atoms with van der Waals surface area (Å²) in [5.74, 6) is 1.41. The molecule has 0 aromatic carbocycles. The molecule has 1 N–H and O–H groups in total. The van der Waals surface area contributed by atoms with Gasteiger partial charge in [-0.25, -0.2) is 4.98 Å². The van der Waals surface area contributed by atoms with E-state index >= 15 is 0 Å². The molecule has 0 atom stereocenters. The maximum absolute atomic E-state index is 11.4. The minimum Gasteiger partial charge on any atom is -0.380 e. The molecule has 0 aliphatic carbocycles. The van der Waals surface area contributed by atoms with Crippen LogP contribution in [0.2, 0.25) is 0 Å². The van der Waals surface area contributed by atoms with Crippen molar-refractivity contribution in [3.05, 3.63) is 22.2 Å². The Balaban J connectivity index is 2.70. The Morgan fingerprint density at radius 3 is 2.88 bits per heavy atom. The monoisotopic (exact) mass is 225 g/mol. The SMILES string of the molecule is CCOCCN(C)c1cc(=O)[nH]c(CC)n1. The molecule has 16 heavy (non-hydrogen) atoms. The third kappa shape index (κ3) is 3.66.